The Bertz CT molecular complexity index is 997. The standard InChI is InChI=1S/C26H23I/c1-4-6-8-20-11-12-22(17-19(20)3)23-14-16-26-21(13-15-25(27)5-2)9-7-10-24(26)18-23/h4-8,10-18H,1-2,9H2,3H3/b8-6-,21-13+,25-15+. The summed E-state index contributed by atoms with van der Waals surface area (Å²) in [6.07, 6.45) is 17.5. The fourth-order valence-corrected chi connectivity index (χ4v) is 3.40. The predicted octanol–water partition coefficient (Wildman–Crippen LogP) is 8.17. The lowest BCUT2D eigenvalue weighted by atomic mass is 9.89. The molecule has 3 rings (SSSR count). The van der Waals surface area contributed by atoms with E-state index in [0.29, 0.717) is 0 Å². The summed E-state index contributed by atoms with van der Waals surface area (Å²) in [5.74, 6) is 0. The first-order valence-corrected chi connectivity index (χ1v) is 10.1. The summed E-state index contributed by atoms with van der Waals surface area (Å²) in [6.45, 7) is 9.71. The van der Waals surface area contributed by atoms with E-state index in [4.69, 9.17) is 0 Å². The van der Waals surface area contributed by atoms with Crippen LogP contribution in [0.3, 0.4) is 0 Å². The summed E-state index contributed by atoms with van der Waals surface area (Å²) >= 11 is 2.30. The lowest BCUT2D eigenvalue weighted by Crippen LogP contribution is -1.94. The highest BCUT2D eigenvalue weighted by atomic mass is 127. The minimum Gasteiger partial charge on any atom is -0.0991 e. The number of fused-ring (bicyclic) bond motifs is 1. The van der Waals surface area contributed by atoms with Crippen LogP contribution in [0.15, 0.2) is 89.6 Å². The predicted molar refractivity (Wildman–Crippen MR) is 130 cm³/mol. The lowest BCUT2D eigenvalue weighted by Gasteiger charge is -2.16. The van der Waals surface area contributed by atoms with E-state index >= 15 is 0 Å². The van der Waals surface area contributed by atoms with Crippen LogP contribution in [-0.4, -0.2) is 0 Å². The Morgan fingerprint density at radius 1 is 1.07 bits per heavy atom. The van der Waals surface area contributed by atoms with E-state index in [1.807, 2.05) is 12.2 Å². The van der Waals surface area contributed by atoms with Crippen LogP contribution in [0.4, 0.5) is 0 Å². The summed E-state index contributed by atoms with van der Waals surface area (Å²) in [4.78, 5) is 0. The van der Waals surface area contributed by atoms with Crippen LogP contribution in [-0.2, 0) is 0 Å². The van der Waals surface area contributed by atoms with Crippen molar-refractivity contribution in [3.63, 3.8) is 0 Å². The molecule has 0 radical (unpaired) electrons. The molecule has 27 heavy (non-hydrogen) atoms. The van der Waals surface area contributed by atoms with Gasteiger partial charge in [-0.15, -0.1) is 0 Å². The molecule has 0 aliphatic heterocycles. The molecule has 0 unspecified atom stereocenters. The van der Waals surface area contributed by atoms with Gasteiger partial charge in [0, 0.05) is 3.58 Å². The molecule has 0 nitrogen and oxygen atoms in total. The van der Waals surface area contributed by atoms with E-state index in [-0.39, 0.29) is 0 Å². The van der Waals surface area contributed by atoms with Crippen molar-refractivity contribution in [3.05, 3.63) is 112 Å². The van der Waals surface area contributed by atoms with Gasteiger partial charge in [-0.05, 0) is 87.0 Å². The number of aryl methyl sites for hydroxylation is 1. The zero-order valence-corrected chi connectivity index (χ0v) is 17.7. The highest BCUT2D eigenvalue weighted by Gasteiger charge is 2.11. The Kier molecular flexibility index (Phi) is 6.46. The molecular weight excluding hydrogens is 439 g/mol. The Hall–Kier alpha value is -2.39. The molecule has 1 aliphatic carbocycles. The smallest absolute Gasteiger partial charge is 0.0124 e. The molecule has 2 aromatic carbocycles. The van der Waals surface area contributed by atoms with E-state index in [9.17, 15) is 0 Å². The fraction of sp³-hybridized carbons (Fsp3) is 0.0769. The molecule has 0 spiro atoms. The minimum absolute atomic E-state index is 0.966. The van der Waals surface area contributed by atoms with Crippen molar-refractivity contribution < 1.29 is 0 Å². The molecule has 0 aromatic heterocycles. The number of halogens is 1. The Balaban J connectivity index is 1.96. The van der Waals surface area contributed by atoms with Gasteiger partial charge in [-0.1, -0.05) is 86.0 Å². The quantitative estimate of drug-likeness (QED) is 0.311. The second-order valence-corrected chi connectivity index (χ2v) is 7.77. The summed E-state index contributed by atoms with van der Waals surface area (Å²) in [6, 6.07) is 13.4. The summed E-state index contributed by atoms with van der Waals surface area (Å²) < 4.78 is 1.15. The summed E-state index contributed by atoms with van der Waals surface area (Å²) in [7, 11) is 0. The topological polar surface area (TPSA) is 0 Å². The van der Waals surface area contributed by atoms with E-state index < -0.39 is 0 Å². The maximum Gasteiger partial charge on any atom is 0.0124 e. The van der Waals surface area contributed by atoms with Gasteiger partial charge >= 0.3 is 0 Å². The second kappa shape index (κ2) is 9.01. The van der Waals surface area contributed by atoms with Gasteiger partial charge in [-0.3, -0.25) is 0 Å². The third kappa shape index (κ3) is 4.67. The number of allylic oxidation sites excluding steroid dienone is 8. The molecule has 1 heteroatoms. The Morgan fingerprint density at radius 3 is 2.59 bits per heavy atom. The Morgan fingerprint density at radius 2 is 1.85 bits per heavy atom. The average Bonchev–Trinajstić information content (AvgIpc) is 2.70. The van der Waals surface area contributed by atoms with Crippen molar-refractivity contribution >= 4 is 40.3 Å². The van der Waals surface area contributed by atoms with Crippen LogP contribution in [0.1, 0.15) is 28.7 Å². The van der Waals surface area contributed by atoms with Crippen LogP contribution in [0.2, 0.25) is 0 Å². The summed E-state index contributed by atoms with van der Waals surface area (Å²) in [5.41, 5.74) is 8.92. The van der Waals surface area contributed by atoms with Crippen molar-refractivity contribution in [2.75, 3.05) is 0 Å². The first-order valence-electron chi connectivity index (χ1n) is 9.02. The van der Waals surface area contributed by atoms with Gasteiger partial charge < -0.3 is 0 Å². The van der Waals surface area contributed by atoms with Crippen LogP contribution < -0.4 is 0 Å². The highest BCUT2D eigenvalue weighted by Crippen LogP contribution is 2.33. The third-order valence-electron chi connectivity index (χ3n) is 4.69. The number of benzene rings is 2. The van der Waals surface area contributed by atoms with Gasteiger partial charge in [0.25, 0.3) is 0 Å². The monoisotopic (exact) mass is 462 g/mol. The molecule has 1 aliphatic rings. The molecule has 0 heterocycles. The first-order chi connectivity index (χ1) is 13.1. The van der Waals surface area contributed by atoms with Gasteiger partial charge in [0.05, 0.1) is 0 Å². The summed E-state index contributed by atoms with van der Waals surface area (Å²) in [5, 5.41) is 0. The maximum absolute atomic E-state index is 3.82. The lowest BCUT2D eigenvalue weighted by molar-refractivity contribution is 1.35. The molecule has 134 valence electrons. The zero-order valence-electron chi connectivity index (χ0n) is 15.6. The molecule has 0 N–H and O–H groups in total. The zero-order chi connectivity index (χ0) is 19.2. The number of hydrogen-bond acceptors (Lipinski definition) is 0. The molecule has 0 saturated carbocycles. The normalized spacial score (nSPS) is 15.2. The van der Waals surface area contributed by atoms with Gasteiger partial charge in [0.1, 0.15) is 0 Å². The molecular formula is C26H23I. The number of hydrogen-bond donors (Lipinski definition) is 0. The third-order valence-corrected chi connectivity index (χ3v) is 5.49. The molecule has 0 amide bonds. The van der Waals surface area contributed by atoms with Crippen molar-refractivity contribution in [2.45, 2.75) is 13.3 Å². The van der Waals surface area contributed by atoms with E-state index in [0.717, 1.165) is 10.0 Å². The van der Waals surface area contributed by atoms with Crippen LogP contribution >= 0.6 is 22.6 Å². The van der Waals surface area contributed by atoms with Gasteiger partial charge in [-0.25, -0.2) is 0 Å². The number of rotatable bonds is 5. The molecule has 0 bridgehead atoms. The first kappa shape index (κ1) is 19.4. The van der Waals surface area contributed by atoms with Gasteiger partial charge in [0.2, 0.25) is 0 Å². The minimum atomic E-state index is 0.966. The van der Waals surface area contributed by atoms with E-state index in [1.54, 1.807) is 6.08 Å². The van der Waals surface area contributed by atoms with Crippen LogP contribution in [0.25, 0.3) is 28.9 Å². The Labute approximate surface area is 176 Å². The highest BCUT2D eigenvalue weighted by molar-refractivity contribution is 14.1. The van der Waals surface area contributed by atoms with Gasteiger partial charge in [-0.2, -0.15) is 0 Å². The van der Waals surface area contributed by atoms with Gasteiger partial charge in [0.15, 0.2) is 0 Å². The van der Waals surface area contributed by atoms with Crippen molar-refractivity contribution in [3.8, 4) is 11.1 Å². The molecule has 0 saturated heterocycles. The largest absolute Gasteiger partial charge is 0.0991 e. The molecule has 2 aromatic rings. The second-order valence-electron chi connectivity index (χ2n) is 6.52. The SMILES string of the molecule is C=C/C=C\c1ccc(-c2ccc3c(c2)C=CC/C3=C\C=C(\I)C=C)cc1C. The average molecular weight is 462 g/mol. The van der Waals surface area contributed by atoms with Crippen LogP contribution in [0, 0.1) is 6.92 Å². The molecule has 0 atom stereocenters. The molecule has 0 fully saturated rings. The van der Waals surface area contributed by atoms with Crippen molar-refractivity contribution in [1.82, 2.24) is 0 Å². The van der Waals surface area contributed by atoms with Crippen molar-refractivity contribution in [1.29, 1.82) is 0 Å². The van der Waals surface area contributed by atoms with Crippen molar-refractivity contribution in [2.24, 2.45) is 0 Å². The van der Waals surface area contributed by atoms with E-state index in [1.165, 1.54) is 39.0 Å². The maximum atomic E-state index is 3.82. The van der Waals surface area contributed by atoms with Crippen LogP contribution in [0.5, 0.6) is 0 Å². The fourth-order valence-electron chi connectivity index (χ4n) is 3.22. The van der Waals surface area contributed by atoms with E-state index in [2.05, 4.69) is 109 Å².